The van der Waals surface area contributed by atoms with Crippen LogP contribution in [0.25, 0.3) is 0 Å². The average Bonchev–Trinajstić information content (AvgIpc) is 2.96. The minimum Gasteiger partial charge on any atom is -0.493 e. The molecule has 9 heteroatoms. The molecule has 2 amide bonds. The minimum absolute atomic E-state index is 0.0634. The van der Waals surface area contributed by atoms with E-state index in [0.717, 1.165) is 0 Å². The number of nitrogens with one attached hydrogen (secondary N) is 1. The number of hydrogen-bond donors (Lipinski definition) is 1. The second-order valence-electron chi connectivity index (χ2n) is 6.26. The highest BCUT2D eigenvalue weighted by Gasteiger charge is 2.25. The number of hydrogen-bond acceptors (Lipinski definition) is 7. The van der Waals surface area contributed by atoms with Crippen LogP contribution in [0.15, 0.2) is 24.3 Å². The Morgan fingerprint density at radius 3 is 2.59 bits per heavy atom. The van der Waals surface area contributed by atoms with Crippen molar-refractivity contribution >= 4 is 46.1 Å². The zero-order valence-corrected chi connectivity index (χ0v) is 16.9. The number of amides is 2. The van der Waals surface area contributed by atoms with Crippen molar-refractivity contribution in [2.45, 2.75) is 13.8 Å². The summed E-state index contributed by atoms with van der Waals surface area (Å²) < 4.78 is 11.1. The van der Waals surface area contributed by atoms with Gasteiger partial charge in [0.1, 0.15) is 10.1 Å². The standard InChI is InChI=1S/C18H22N2O5S2/c1-12(2)9-24-14-5-3-13(4-6-14)17(23)25-10-15(21)19-7-8-20-16(22)11-27-18(20)26/h3-6,12H,7-11H2,1-2H3,(H,19,21). The van der Waals surface area contributed by atoms with Crippen LogP contribution in [0.3, 0.4) is 0 Å². The van der Waals surface area contributed by atoms with E-state index in [1.165, 1.54) is 16.7 Å². The molecule has 1 N–H and O–H groups in total. The number of esters is 1. The van der Waals surface area contributed by atoms with E-state index in [1.807, 2.05) is 13.8 Å². The summed E-state index contributed by atoms with van der Waals surface area (Å²) >= 11 is 6.36. The quantitative estimate of drug-likeness (QED) is 0.491. The van der Waals surface area contributed by atoms with Crippen molar-refractivity contribution in [2.75, 3.05) is 32.1 Å². The maximum absolute atomic E-state index is 12.0. The van der Waals surface area contributed by atoms with Gasteiger partial charge in [0.05, 0.1) is 17.9 Å². The van der Waals surface area contributed by atoms with Crippen LogP contribution in [0.4, 0.5) is 0 Å². The lowest BCUT2D eigenvalue weighted by Gasteiger charge is -2.15. The Bertz CT molecular complexity index is 690. The summed E-state index contributed by atoms with van der Waals surface area (Å²) in [6.45, 7) is 4.85. The number of carbonyl (C=O) groups is 3. The Labute approximate surface area is 167 Å². The van der Waals surface area contributed by atoms with E-state index in [1.54, 1.807) is 24.3 Å². The molecule has 1 aliphatic heterocycles. The average molecular weight is 411 g/mol. The van der Waals surface area contributed by atoms with Crippen molar-refractivity contribution in [2.24, 2.45) is 5.92 Å². The number of benzene rings is 1. The van der Waals surface area contributed by atoms with Crippen LogP contribution in [0.5, 0.6) is 5.75 Å². The molecule has 27 heavy (non-hydrogen) atoms. The van der Waals surface area contributed by atoms with Crippen LogP contribution < -0.4 is 10.1 Å². The minimum atomic E-state index is -0.590. The molecule has 146 valence electrons. The van der Waals surface area contributed by atoms with Crippen LogP contribution in [0, 0.1) is 5.92 Å². The lowest BCUT2D eigenvalue weighted by Crippen LogP contribution is -2.38. The maximum Gasteiger partial charge on any atom is 0.338 e. The molecule has 1 heterocycles. The van der Waals surface area contributed by atoms with Gasteiger partial charge in [-0.15, -0.1) is 0 Å². The van der Waals surface area contributed by atoms with E-state index in [9.17, 15) is 14.4 Å². The van der Waals surface area contributed by atoms with Gasteiger partial charge >= 0.3 is 5.97 Å². The first-order chi connectivity index (χ1) is 12.9. The molecule has 7 nitrogen and oxygen atoms in total. The van der Waals surface area contributed by atoms with E-state index >= 15 is 0 Å². The smallest absolute Gasteiger partial charge is 0.338 e. The maximum atomic E-state index is 12.0. The Morgan fingerprint density at radius 2 is 2.00 bits per heavy atom. The Balaban J connectivity index is 1.69. The van der Waals surface area contributed by atoms with E-state index in [0.29, 0.717) is 40.5 Å². The second kappa shape index (κ2) is 10.3. The summed E-state index contributed by atoms with van der Waals surface area (Å²) in [4.78, 5) is 36.8. The second-order valence-corrected chi connectivity index (χ2v) is 7.86. The summed E-state index contributed by atoms with van der Waals surface area (Å²) in [5.74, 6) is 0.326. The Morgan fingerprint density at radius 1 is 1.30 bits per heavy atom. The molecule has 1 aliphatic rings. The van der Waals surface area contributed by atoms with Gasteiger partial charge in [0.25, 0.3) is 5.91 Å². The van der Waals surface area contributed by atoms with Gasteiger partial charge in [-0.2, -0.15) is 0 Å². The molecular weight excluding hydrogens is 388 g/mol. The summed E-state index contributed by atoms with van der Waals surface area (Å²) in [5, 5.41) is 2.59. The van der Waals surface area contributed by atoms with E-state index in [-0.39, 0.29) is 12.5 Å². The van der Waals surface area contributed by atoms with Crippen LogP contribution in [-0.2, 0) is 14.3 Å². The summed E-state index contributed by atoms with van der Waals surface area (Å²) in [5.41, 5.74) is 0.338. The van der Waals surface area contributed by atoms with E-state index in [2.05, 4.69) is 5.32 Å². The number of carbonyl (C=O) groups excluding carboxylic acids is 3. The predicted octanol–water partition coefficient (Wildman–Crippen LogP) is 1.85. The predicted molar refractivity (Wildman–Crippen MR) is 107 cm³/mol. The van der Waals surface area contributed by atoms with Gasteiger partial charge in [-0.05, 0) is 30.2 Å². The summed E-state index contributed by atoms with van der Waals surface area (Å²) in [6, 6.07) is 6.56. The van der Waals surface area contributed by atoms with Crippen molar-refractivity contribution in [3.05, 3.63) is 29.8 Å². The van der Waals surface area contributed by atoms with Gasteiger partial charge < -0.3 is 14.8 Å². The first-order valence-corrected chi connectivity index (χ1v) is 9.90. The van der Waals surface area contributed by atoms with Gasteiger partial charge in [0, 0.05) is 13.1 Å². The van der Waals surface area contributed by atoms with Crippen molar-refractivity contribution < 1.29 is 23.9 Å². The topological polar surface area (TPSA) is 84.9 Å². The molecule has 0 bridgehead atoms. The highest BCUT2D eigenvalue weighted by atomic mass is 32.2. The monoisotopic (exact) mass is 410 g/mol. The number of ether oxygens (including phenoxy) is 2. The molecule has 0 unspecified atom stereocenters. The SMILES string of the molecule is CC(C)COc1ccc(C(=O)OCC(=O)NCCN2C(=O)CSC2=S)cc1. The molecule has 0 spiro atoms. The highest BCUT2D eigenvalue weighted by Crippen LogP contribution is 2.18. The van der Waals surface area contributed by atoms with Crippen molar-refractivity contribution in [1.82, 2.24) is 10.2 Å². The molecule has 0 radical (unpaired) electrons. The lowest BCUT2D eigenvalue weighted by atomic mass is 10.2. The van der Waals surface area contributed by atoms with E-state index in [4.69, 9.17) is 21.7 Å². The largest absolute Gasteiger partial charge is 0.493 e. The third-order valence-corrected chi connectivity index (χ3v) is 4.94. The third kappa shape index (κ3) is 6.84. The first kappa shape index (κ1) is 21.2. The molecule has 1 saturated heterocycles. The fraction of sp³-hybridized carbons (Fsp3) is 0.444. The zero-order valence-electron chi connectivity index (χ0n) is 15.2. The van der Waals surface area contributed by atoms with E-state index < -0.39 is 18.5 Å². The Hall–Kier alpha value is -2.13. The lowest BCUT2D eigenvalue weighted by molar-refractivity contribution is -0.126. The summed E-state index contributed by atoms with van der Waals surface area (Å²) in [6.07, 6.45) is 0. The van der Waals surface area contributed by atoms with Crippen molar-refractivity contribution in [3.8, 4) is 5.75 Å². The van der Waals surface area contributed by atoms with Gasteiger partial charge in [0.2, 0.25) is 5.91 Å². The molecule has 0 aliphatic carbocycles. The van der Waals surface area contributed by atoms with Crippen molar-refractivity contribution in [1.29, 1.82) is 0 Å². The van der Waals surface area contributed by atoms with Crippen LogP contribution in [-0.4, -0.2) is 59.1 Å². The normalized spacial score (nSPS) is 13.8. The van der Waals surface area contributed by atoms with Gasteiger partial charge in [-0.3, -0.25) is 14.5 Å². The molecule has 0 aromatic heterocycles. The molecule has 1 fully saturated rings. The molecule has 2 rings (SSSR count). The number of rotatable bonds is 9. The van der Waals surface area contributed by atoms with Crippen LogP contribution >= 0.6 is 24.0 Å². The number of nitrogens with zero attached hydrogens (tertiary/aromatic N) is 1. The van der Waals surface area contributed by atoms with Gasteiger partial charge in [-0.1, -0.05) is 37.8 Å². The molecule has 1 aromatic rings. The van der Waals surface area contributed by atoms with Crippen LogP contribution in [0.1, 0.15) is 24.2 Å². The fourth-order valence-electron chi connectivity index (χ4n) is 2.12. The first-order valence-electron chi connectivity index (χ1n) is 8.50. The fourth-order valence-corrected chi connectivity index (χ4v) is 3.24. The van der Waals surface area contributed by atoms with Gasteiger partial charge in [0.15, 0.2) is 6.61 Å². The molecule has 1 aromatic carbocycles. The van der Waals surface area contributed by atoms with Crippen LogP contribution in [0.2, 0.25) is 0 Å². The highest BCUT2D eigenvalue weighted by molar-refractivity contribution is 8.23. The van der Waals surface area contributed by atoms with Crippen molar-refractivity contribution in [3.63, 3.8) is 0 Å². The number of thiocarbonyl (C=S) groups is 1. The third-order valence-electron chi connectivity index (χ3n) is 3.51. The number of thioether (sulfide) groups is 1. The molecule has 0 atom stereocenters. The summed E-state index contributed by atoms with van der Waals surface area (Å²) in [7, 11) is 0. The molecule has 0 saturated carbocycles. The Kier molecular flexibility index (Phi) is 8.05. The zero-order chi connectivity index (χ0) is 19.8. The molecular formula is C18H22N2O5S2. The van der Waals surface area contributed by atoms with Gasteiger partial charge in [-0.25, -0.2) is 4.79 Å².